The molecule has 1 saturated heterocycles. The monoisotopic (exact) mass is 412 g/mol. The lowest BCUT2D eigenvalue weighted by Crippen LogP contribution is -2.19. The highest BCUT2D eigenvalue weighted by Crippen LogP contribution is 2.32. The molecule has 0 saturated carbocycles. The molecule has 2 aromatic heterocycles. The first-order chi connectivity index (χ1) is 13.8. The molecule has 0 atom stereocenters. The van der Waals surface area contributed by atoms with Crippen molar-refractivity contribution in [2.75, 3.05) is 36.4 Å². The molecular weight excluding hydrogens is 388 g/mol. The van der Waals surface area contributed by atoms with Crippen molar-refractivity contribution in [2.45, 2.75) is 25.8 Å². The standard InChI is InChI=1S/C21H24N6O.ClH/c28-21(17-14-27-13-10-22-9-7-19(27)24-17)25-16-5-6-18(26-11-1-2-12-26)20-15(16)4-3-8-23-20;/h3-6,8,14,22H,1-2,7,9-13H2,(H,25,28);1H. The van der Waals surface area contributed by atoms with E-state index in [4.69, 9.17) is 0 Å². The average molecular weight is 413 g/mol. The van der Waals surface area contributed by atoms with Gasteiger partial charge in [-0.1, -0.05) is 0 Å². The van der Waals surface area contributed by atoms with Crippen molar-refractivity contribution < 1.29 is 4.79 Å². The smallest absolute Gasteiger partial charge is 0.275 e. The lowest BCUT2D eigenvalue weighted by Gasteiger charge is -2.20. The zero-order valence-electron chi connectivity index (χ0n) is 16.2. The highest BCUT2D eigenvalue weighted by molar-refractivity contribution is 6.09. The Morgan fingerprint density at radius 2 is 1.97 bits per heavy atom. The van der Waals surface area contributed by atoms with Crippen LogP contribution in [0, 0.1) is 0 Å². The van der Waals surface area contributed by atoms with Crippen LogP contribution in [0.4, 0.5) is 11.4 Å². The number of aromatic nitrogens is 3. The van der Waals surface area contributed by atoms with E-state index in [0.29, 0.717) is 5.69 Å². The lowest BCUT2D eigenvalue weighted by atomic mass is 10.1. The molecule has 1 aromatic carbocycles. The highest BCUT2D eigenvalue weighted by atomic mass is 35.5. The quantitative estimate of drug-likeness (QED) is 0.691. The maximum Gasteiger partial charge on any atom is 0.275 e. The van der Waals surface area contributed by atoms with Gasteiger partial charge in [-0.05, 0) is 37.1 Å². The second-order valence-corrected chi connectivity index (χ2v) is 7.42. The van der Waals surface area contributed by atoms with E-state index < -0.39 is 0 Å². The van der Waals surface area contributed by atoms with Crippen LogP contribution in [0.5, 0.6) is 0 Å². The zero-order valence-corrected chi connectivity index (χ0v) is 17.0. The molecule has 3 aromatic rings. The van der Waals surface area contributed by atoms with Crippen molar-refractivity contribution in [1.29, 1.82) is 0 Å². The highest BCUT2D eigenvalue weighted by Gasteiger charge is 2.19. The van der Waals surface area contributed by atoms with Gasteiger partial charge in [0.15, 0.2) is 0 Å². The molecule has 1 fully saturated rings. The molecule has 0 radical (unpaired) electrons. The summed E-state index contributed by atoms with van der Waals surface area (Å²) < 4.78 is 2.07. The van der Waals surface area contributed by atoms with Gasteiger partial charge < -0.3 is 20.1 Å². The van der Waals surface area contributed by atoms with E-state index in [2.05, 4.69) is 36.1 Å². The van der Waals surface area contributed by atoms with Crippen molar-refractivity contribution in [3.05, 3.63) is 48.2 Å². The van der Waals surface area contributed by atoms with Gasteiger partial charge in [-0.3, -0.25) is 9.78 Å². The normalized spacial score (nSPS) is 16.2. The first-order valence-corrected chi connectivity index (χ1v) is 10.0. The molecule has 29 heavy (non-hydrogen) atoms. The number of imidazole rings is 1. The fourth-order valence-corrected chi connectivity index (χ4v) is 4.15. The van der Waals surface area contributed by atoms with Gasteiger partial charge in [-0.25, -0.2) is 4.98 Å². The van der Waals surface area contributed by atoms with Crippen molar-refractivity contribution in [1.82, 2.24) is 19.9 Å². The minimum Gasteiger partial charge on any atom is -0.370 e. The minimum atomic E-state index is -0.174. The molecule has 152 valence electrons. The van der Waals surface area contributed by atoms with Crippen LogP contribution < -0.4 is 15.5 Å². The van der Waals surface area contributed by atoms with Gasteiger partial charge in [0, 0.05) is 56.9 Å². The summed E-state index contributed by atoms with van der Waals surface area (Å²) in [6.07, 6.45) is 6.94. The fraction of sp³-hybridized carbons (Fsp3) is 0.381. The number of hydrogen-bond donors (Lipinski definition) is 2. The molecule has 2 aliphatic rings. The summed E-state index contributed by atoms with van der Waals surface area (Å²) >= 11 is 0. The van der Waals surface area contributed by atoms with Crippen molar-refractivity contribution in [3.63, 3.8) is 0 Å². The van der Waals surface area contributed by atoms with Crippen LogP contribution in [-0.4, -0.2) is 46.6 Å². The number of amides is 1. The molecule has 4 heterocycles. The van der Waals surface area contributed by atoms with Gasteiger partial charge in [-0.2, -0.15) is 0 Å². The number of hydrogen-bond acceptors (Lipinski definition) is 5. The summed E-state index contributed by atoms with van der Waals surface area (Å²) in [6.45, 7) is 4.76. The van der Waals surface area contributed by atoms with Crippen molar-refractivity contribution in [2.24, 2.45) is 0 Å². The summed E-state index contributed by atoms with van der Waals surface area (Å²) in [4.78, 5) is 24.4. The first kappa shape index (κ1) is 19.7. The van der Waals surface area contributed by atoms with Crippen LogP contribution in [0.15, 0.2) is 36.7 Å². The number of halogens is 1. The third-order valence-electron chi connectivity index (χ3n) is 5.59. The molecule has 1 amide bonds. The van der Waals surface area contributed by atoms with Gasteiger partial charge in [-0.15, -0.1) is 12.4 Å². The predicted molar refractivity (Wildman–Crippen MR) is 117 cm³/mol. The number of pyridine rings is 1. The van der Waals surface area contributed by atoms with E-state index in [1.165, 1.54) is 12.8 Å². The second kappa shape index (κ2) is 8.39. The summed E-state index contributed by atoms with van der Waals surface area (Å²) in [5.41, 5.74) is 3.33. The fourth-order valence-electron chi connectivity index (χ4n) is 4.15. The number of nitrogens with one attached hydrogen (secondary N) is 2. The van der Waals surface area contributed by atoms with E-state index in [0.717, 1.165) is 67.2 Å². The van der Waals surface area contributed by atoms with Crippen LogP contribution >= 0.6 is 12.4 Å². The molecule has 0 bridgehead atoms. The third kappa shape index (κ3) is 3.80. The summed E-state index contributed by atoms with van der Waals surface area (Å²) in [6, 6.07) is 7.99. The Morgan fingerprint density at radius 1 is 1.10 bits per heavy atom. The van der Waals surface area contributed by atoms with Gasteiger partial charge in [0.2, 0.25) is 0 Å². The lowest BCUT2D eigenvalue weighted by molar-refractivity contribution is 0.102. The minimum absolute atomic E-state index is 0. The van der Waals surface area contributed by atoms with Gasteiger partial charge in [0.25, 0.3) is 5.91 Å². The topological polar surface area (TPSA) is 75.1 Å². The molecule has 5 rings (SSSR count). The molecule has 2 N–H and O–H groups in total. The Balaban J connectivity index is 0.00000205. The summed E-state index contributed by atoms with van der Waals surface area (Å²) in [7, 11) is 0. The van der Waals surface area contributed by atoms with Gasteiger partial charge in [0.1, 0.15) is 11.5 Å². The van der Waals surface area contributed by atoms with Gasteiger partial charge >= 0.3 is 0 Å². The number of nitrogens with zero attached hydrogens (tertiary/aromatic N) is 4. The molecular formula is C21H25ClN6O. The molecule has 8 heteroatoms. The summed E-state index contributed by atoms with van der Waals surface area (Å²) in [5, 5.41) is 7.36. The first-order valence-electron chi connectivity index (χ1n) is 10.0. The third-order valence-corrected chi connectivity index (χ3v) is 5.59. The number of benzene rings is 1. The number of anilines is 2. The predicted octanol–water partition coefficient (Wildman–Crippen LogP) is 2.85. The Labute approximate surface area is 175 Å². The molecule has 7 nitrogen and oxygen atoms in total. The number of fused-ring (bicyclic) bond motifs is 2. The van der Waals surface area contributed by atoms with E-state index in [9.17, 15) is 4.79 Å². The van der Waals surface area contributed by atoms with E-state index >= 15 is 0 Å². The second-order valence-electron chi connectivity index (χ2n) is 7.42. The molecule has 2 aliphatic heterocycles. The maximum absolute atomic E-state index is 12.9. The molecule has 0 unspecified atom stereocenters. The Bertz CT molecular complexity index is 1000. The van der Waals surface area contributed by atoms with E-state index in [1.54, 1.807) is 0 Å². The van der Waals surface area contributed by atoms with Crippen LogP contribution in [-0.2, 0) is 13.0 Å². The molecule has 0 aliphatic carbocycles. The van der Waals surface area contributed by atoms with Crippen LogP contribution in [0.1, 0.15) is 29.2 Å². The largest absolute Gasteiger partial charge is 0.370 e. The van der Waals surface area contributed by atoms with Crippen LogP contribution in [0.25, 0.3) is 10.9 Å². The van der Waals surface area contributed by atoms with E-state index in [1.807, 2.05) is 30.6 Å². The Kier molecular flexibility index (Phi) is 5.69. The van der Waals surface area contributed by atoms with Crippen LogP contribution in [0.3, 0.4) is 0 Å². The number of carbonyl (C=O) groups excluding carboxylic acids is 1. The zero-order chi connectivity index (χ0) is 18.9. The number of carbonyl (C=O) groups is 1. The van der Waals surface area contributed by atoms with Gasteiger partial charge in [0.05, 0.1) is 16.9 Å². The number of rotatable bonds is 3. The molecule has 0 spiro atoms. The van der Waals surface area contributed by atoms with E-state index in [-0.39, 0.29) is 18.3 Å². The maximum atomic E-state index is 12.9. The van der Waals surface area contributed by atoms with Crippen molar-refractivity contribution in [3.8, 4) is 0 Å². The van der Waals surface area contributed by atoms with Crippen molar-refractivity contribution >= 4 is 40.6 Å². The Morgan fingerprint density at radius 3 is 2.83 bits per heavy atom. The summed E-state index contributed by atoms with van der Waals surface area (Å²) in [5.74, 6) is 0.790. The SMILES string of the molecule is Cl.O=C(Nc1ccc(N2CCCC2)c2ncccc12)c1cn2c(n1)CCNCC2. The van der Waals surface area contributed by atoms with Crippen LogP contribution in [0.2, 0.25) is 0 Å². The Hall–Kier alpha value is -2.64. The average Bonchev–Trinajstić information content (AvgIpc) is 3.34.